The molecule has 1 aromatic heterocycles. The summed E-state index contributed by atoms with van der Waals surface area (Å²) in [5.74, 6) is 0.589. The van der Waals surface area contributed by atoms with Crippen LogP contribution in [0.4, 0.5) is 5.69 Å². The first-order valence-corrected chi connectivity index (χ1v) is 8.32. The van der Waals surface area contributed by atoms with E-state index >= 15 is 0 Å². The first-order valence-electron chi connectivity index (χ1n) is 8.32. The Bertz CT molecular complexity index is 864. The van der Waals surface area contributed by atoms with Crippen molar-refractivity contribution in [2.75, 3.05) is 18.4 Å². The highest BCUT2D eigenvalue weighted by Crippen LogP contribution is 2.19. The third-order valence-electron chi connectivity index (χ3n) is 4.55. The molecule has 3 N–H and O–H groups in total. The molecule has 3 aromatic rings. The van der Waals surface area contributed by atoms with E-state index in [2.05, 4.69) is 26.7 Å². The average molecular weight is 320 g/mol. The number of nitrogens with zero attached hydrogens (tertiary/aromatic N) is 1. The second-order valence-electron chi connectivity index (χ2n) is 6.35. The number of imidazole rings is 1. The predicted molar refractivity (Wildman–Crippen MR) is 95.2 cm³/mol. The Kier molecular flexibility index (Phi) is 4.01. The highest BCUT2D eigenvalue weighted by Gasteiger charge is 2.15. The summed E-state index contributed by atoms with van der Waals surface area (Å²) in [6, 6.07) is 13.6. The molecule has 24 heavy (non-hydrogen) atoms. The van der Waals surface area contributed by atoms with Crippen molar-refractivity contribution in [3.8, 4) is 0 Å². The van der Waals surface area contributed by atoms with Gasteiger partial charge < -0.3 is 15.6 Å². The van der Waals surface area contributed by atoms with Crippen molar-refractivity contribution in [2.45, 2.75) is 12.8 Å². The minimum Gasteiger partial charge on any atom is -0.345 e. The number of fused-ring (bicyclic) bond motifs is 1. The average Bonchev–Trinajstić information content (AvgIpc) is 3.26. The van der Waals surface area contributed by atoms with Crippen molar-refractivity contribution < 1.29 is 4.79 Å². The molecule has 1 saturated heterocycles. The van der Waals surface area contributed by atoms with Gasteiger partial charge in [-0.2, -0.15) is 0 Å². The number of anilines is 1. The van der Waals surface area contributed by atoms with E-state index in [4.69, 9.17) is 0 Å². The third kappa shape index (κ3) is 3.16. The third-order valence-corrected chi connectivity index (χ3v) is 4.55. The predicted octanol–water partition coefficient (Wildman–Crippen LogP) is 2.97. The number of nitrogens with one attached hydrogen (secondary N) is 3. The molecule has 1 aliphatic rings. The second-order valence-corrected chi connectivity index (χ2v) is 6.35. The van der Waals surface area contributed by atoms with Crippen molar-refractivity contribution in [3.63, 3.8) is 0 Å². The number of hydrogen-bond acceptors (Lipinski definition) is 3. The van der Waals surface area contributed by atoms with Gasteiger partial charge in [0, 0.05) is 11.3 Å². The molecule has 5 nitrogen and oxygen atoms in total. The van der Waals surface area contributed by atoms with Crippen LogP contribution in [0.25, 0.3) is 11.0 Å². The van der Waals surface area contributed by atoms with Gasteiger partial charge in [0.2, 0.25) is 0 Å². The normalized spacial score (nSPS) is 17.2. The minimum atomic E-state index is -0.0831. The molecule has 1 aliphatic heterocycles. The lowest BCUT2D eigenvalue weighted by atomic mass is 9.97. The fraction of sp³-hybridized carbons (Fsp3) is 0.263. The number of aromatic nitrogens is 2. The van der Waals surface area contributed by atoms with Crippen molar-refractivity contribution in [2.24, 2.45) is 5.92 Å². The quantitative estimate of drug-likeness (QED) is 0.692. The van der Waals surface area contributed by atoms with E-state index in [0.717, 1.165) is 36.2 Å². The Morgan fingerprint density at radius 2 is 2.21 bits per heavy atom. The lowest BCUT2D eigenvalue weighted by Crippen LogP contribution is -2.13. The summed E-state index contributed by atoms with van der Waals surface area (Å²) in [6.45, 7) is 2.17. The first kappa shape index (κ1) is 14.9. The van der Waals surface area contributed by atoms with E-state index in [-0.39, 0.29) is 5.91 Å². The molecule has 1 amide bonds. The molecule has 122 valence electrons. The summed E-state index contributed by atoms with van der Waals surface area (Å²) < 4.78 is 0. The maximum atomic E-state index is 12.5. The van der Waals surface area contributed by atoms with E-state index in [1.165, 1.54) is 12.0 Å². The molecule has 2 heterocycles. The maximum Gasteiger partial charge on any atom is 0.255 e. The number of carbonyl (C=O) groups excluding carboxylic acids is 1. The Morgan fingerprint density at radius 3 is 3.08 bits per heavy atom. The lowest BCUT2D eigenvalue weighted by molar-refractivity contribution is 0.102. The summed E-state index contributed by atoms with van der Waals surface area (Å²) in [5, 5.41) is 6.35. The highest BCUT2D eigenvalue weighted by molar-refractivity contribution is 6.05. The molecule has 1 atom stereocenters. The molecule has 0 spiro atoms. The number of H-pyrrole nitrogens is 1. The van der Waals surface area contributed by atoms with Crippen LogP contribution in [0.15, 0.2) is 48.8 Å². The van der Waals surface area contributed by atoms with Crippen LogP contribution in [0.5, 0.6) is 0 Å². The van der Waals surface area contributed by atoms with Crippen LogP contribution in [-0.4, -0.2) is 29.0 Å². The van der Waals surface area contributed by atoms with Gasteiger partial charge in [0.15, 0.2) is 0 Å². The van der Waals surface area contributed by atoms with Gasteiger partial charge >= 0.3 is 0 Å². The largest absolute Gasteiger partial charge is 0.345 e. The Hall–Kier alpha value is -2.66. The van der Waals surface area contributed by atoms with E-state index in [1.807, 2.05) is 36.4 Å². The Balaban J connectivity index is 1.48. The van der Waals surface area contributed by atoms with Crippen LogP contribution in [-0.2, 0) is 6.42 Å². The summed E-state index contributed by atoms with van der Waals surface area (Å²) in [4.78, 5) is 19.8. The van der Waals surface area contributed by atoms with Crippen LogP contribution in [0.1, 0.15) is 22.3 Å². The summed E-state index contributed by atoms with van der Waals surface area (Å²) in [5.41, 5.74) is 4.49. The monoisotopic (exact) mass is 320 g/mol. The van der Waals surface area contributed by atoms with Gasteiger partial charge in [0.25, 0.3) is 5.91 Å². The Labute approximate surface area is 140 Å². The van der Waals surface area contributed by atoms with Crippen LogP contribution >= 0.6 is 0 Å². The molecule has 4 rings (SSSR count). The topological polar surface area (TPSA) is 69.8 Å². The van der Waals surface area contributed by atoms with Crippen molar-refractivity contribution >= 4 is 22.6 Å². The summed E-state index contributed by atoms with van der Waals surface area (Å²) in [7, 11) is 0. The number of aromatic amines is 1. The molecule has 2 aromatic carbocycles. The zero-order chi connectivity index (χ0) is 16.4. The zero-order valence-electron chi connectivity index (χ0n) is 13.4. The van der Waals surface area contributed by atoms with Crippen LogP contribution in [0.2, 0.25) is 0 Å². The molecule has 1 unspecified atom stereocenters. The first-order chi connectivity index (χ1) is 11.8. The number of amides is 1. The van der Waals surface area contributed by atoms with Crippen LogP contribution in [0, 0.1) is 5.92 Å². The van der Waals surface area contributed by atoms with Gasteiger partial charge in [-0.15, -0.1) is 0 Å². The number of carbonyl (C=O) groups is 1. The van der Waals surface area contributed by atoms with E-state index in [9.17, 15) is 4.79 Å². The smallest absolute Gasteiger partial charge is 0.255 e. The Morgan fingerprint density at radius 1 is 1.25 bits per heavy atom. The molecule has 0 saturated carbocycles. The van der Waals surface area contributed by atoms with Crippen LogP contribution < -0.4 is 10.6 Å². The van der Waals surface area contributed by atoms with Crippen molar-refractivity contribution in [3.05, 3.63) is 59.9 Å². The zero-order valence-corrected chi connectivity index (χ0v) is 13.4. The standard InChI is InChI=1S/C19H20N4O/c24-19(23-16-4-5-17-18(10-16)22-12-21-17)15-3-1-2-13(9-15)8-14-6-7-20-11-14/h1-5,9-10,12,14,20H,6-8,11H2,(H,21,22)(H,23,24). The SMILES string of the molecule is O=C(Nc1ccc2nc[nH]c2c1)c1cccc(CC2CCNC2)c1. The number of hydrogen-bond donors (Lipinski definition) is 3. The van der Waals surface area contributed by atoms with Gasteiger partial charge in [-0.25, -0.2) is 4.98 Å². The lowest BCUT2D eigenvalue weighted by Gasteiger charge is -2.10. The molecule has 1 fully saturated rings. The number of rotatable bonds is 4. The molecule has 0 bridgehead atoms. The number of benzene rings is 2. The molecular formula is C19H20N4O. The fourth-order valence-electron chi connectivity index (χ4n) is 3.28. The van der Waals surface area contributed by atoms with Gasteiger partial charge in [0.1, 0.15) is 0 Å². The fourth-order valence-corrected chi connectivity index (χ4v) is 3.28. The van der Waals surface area contributed by atoms with E-state index < -0.39 is 0 Å². The summed E-state index contributed by atoms with van der Waals surface area (Å²) in [6.07, 6.45) is 3.88. The molecular weight excluding hydrogens is 300 g/mol. The molecule has 0 radical (unpaired) electrons. The highest BCUT2D eigenvalue weighted by atomic mass is 16.1. The summed E-state index contributed by atoms with van der Waals surface area (Å²) >= 11 is 0. The van der Waals surface area contributed by atoms with E-state index in [1.54, 1.807) is 6.33 Å². The van der Waals surface area contributed by atoms with Gasteiger partial charge in [-0.1, -0.05) is 12.1 Å². The second kappa shape index (κ2) is 6.45. The van der Waals surface area contributed by atoms with Crippen molar-refractivity contribution in [1.29, 1.82) is 0 Å². The van der Waals surface area contributed by atoms with Gasteiger partial charge in [-0.3, -0.25) is 4.79 Å². The van der Waals surface area contributed by atoms with Crippen LogP contribution in [0.3, 0.4) is 0 Å². The minimum absolute atomic E-state index is 0.0831. The molecule has 0 aliphatic carbocycles. The van der Waals surface area contributed by atoms with Crippen molar-refractivity contribution in [1.82, 2.24) is 15.3 Å². The van der Waals surface area contributed by atoms with Gasteiger partial charge in [-0.05, 0) is 67.7 Å². The molecule has 5 heteroatoms. The van der Waals surface area contributed by atoms with Gasteiger partial charge in [0.05, 0.1) is 17.4 Å². The van der Waals surface area contributed by atoms with E-state index in [0.29, 0.717) is 11.5 Å². The maximum absolute atomic E-state index is 12.5.